The molecule has 7 heteroatoms. The van der Waals surface area contributed by atoms with Gasteiger partial charge in [0.2, 0.25) is 5.95 Å². The molecular weight excluding hydrogens is 278 g/mol. The van der Waals surface area contributed by atoms with E-state index < -0.39 is 12.0 Å². The van der Waals surface area contributed by atoms with Gasteiger partial charge in [-0.2, -0.15) is 4.98 Å². The lowest BCUT2D eigenvalue weighted by Crippen LogP contribution is -2.54. The first-order chi connectivity index (χ1) is 9.99. The number of alkyl halides is 2. The van der Waals surface area contributed by atoms with E-state index in [0.717, 1.165) is 36.9 Å². The Bertz CT molecular complexity index is 540. The van der Waals surface area contributed by atoms with E-state index in [-0.39, 0.29) is 19.1 Å². The van der Waals surface area contributed by atoms with Crippen molar-refractivity contribution in [3.63, 3.8) is 0 Å². The molecule has 1 fully saturated rings. The number of morpholine rings is 1. The molecule has 116 valence electrons. The predicted molar refractivity (Wildman–Crippen MR) is 75.7 cm³/mol. The van der Waals surface area contributed by atoms with E-state index >= 15 is 0 Å². The second kappa shape index (κ2) is 5.36. The van der Waals surface area contributed by atoms with Gasteiger partial charge in [-0.05, 0) is 32.6 Å². The third-order valence-electron chi connectivity index (χ3n) is 4.24. The SMILES string of the molecule is CC1(C(F)F)CN(c2nc(N)nc3c2CCCC3)CCO1. The highest BCUT2D eigenvalue weighted by molar-refractivity contribution is 5.53. The molecule has 21 heavy (non-hydrogen) atoms. The normalized spacial score (nSPS) is 26.0. The van der Waals surface area contributed by atoms with E-state index in [1.54, 1.807) is 0 Å². The number of hydrogen-bond acceptors (Lipinski definition) is 5. The minimum Gasteiger partial charge on any atom is -0.368 e. The number of fused-ring (bicyclic) bond motifs is 1. The molecule has 1 saturated heterocycles. The Morgan fingerprint density at radius 3 is 2.81 bits per heavy atom. The molecular formula is C14H20F2N4O. The summed E-state index contributed by atoms with van der Waals surface area (Å²) >= 11 is 0. The zero-order valence-electron chi connectivity index (χ0n) is 12.1. The Morgan fingerprint density at radius 1 is 1.29 bits per heavy atom. The van der Waals surface area contributed by atoms with Crippen molar-refractivity contribution in [2.75, 3.05) is 30.3 Å². The van der Waals surface area contributed by atoms with Crippen molar-refractivity contribution in [2.24, 2.45) is 0 Å². The Balaban J connectivity index is 1.95. The summed E-state index contributed by atoms with van der Waals surface area (Å²) in [5.41, 5.74) is 6.36. The van der Waals surface area contributed by atoms with Crippen LogP contribution in [0.15, 0.2) is 0 Å². The molecule has 0 radical (unpaired) electrons. The topological polar surface area (TPSA) is 64.3 Å². The van der Waals surface area contributed by atoms with Crippen LogP contribution in [0.3, 0.4) is 0 Å². The lowest BCUT2D eigenvalue weighted by Gasteiger charge is -2.41. The predicted octanol–water partition coefficient (Wildman–Crippen LogP) is 1.80. The van der Waals surface area contributed by atoms with Gasteiger partial charge in [-0.15, -0.1) is 0 Å². The van der Waals surface area contributed by atoms with Crippen molar-refractivity contribution in [3.05, 3.63) is 11.3 Å². The summed E-state index contributed by atoms with van der Waals surface area (Å²) in [5, 5.41) is 0. The van der Waals surface area contributed by atoms with Crippen LogP contribution in [0.4, 0.5) is 20.5 Å². The van der Waals surface area contributed by atoms with Crippen molar-refractivity contribution in [3.8, 4) is 0 Å². The maximum absolute atomic E-state index is 13.2. The van der Waals surface area contributed by atoms with Gasteiger partial charge in [-0.25, -0.2) is 13.8 Å². The number of aryl methyl sites for hydroxylation is 1. The monoisotopic (exact) mass is 298 g/mol. The smallest absolute Gasteiger partial charge is 0.268 e. The Kier molecular flexibility index (Phi) is 3.69. The van der Waals surface area contributed by atoms with Crippen molar-refractivity contribution >= 4 is 11.8 Å². The number of aromatic nitrogens is 2. The maximum Gasteiger partial charge on any atom is 0.268 e. The molecule has 1 aromatic rings. The van der Waals surface area contributed by atoms with E-state index in [4.69, 9.17) is 10.5 Å². The van der Waals surface area contributed by atoms with Crippen LogP contribution in [0.5, 0.6) is 0 Å². The van der Waals surface area contributed by atoms with Crippen LogP contribution < -0.4 is 10.6 Å². The fraction of sp³-hybridized carbons (Fsp3) is 0.714. The highest BCUT2D eigenvalue weighted by Gasteiger charge is 2.41. The molecule has 2 N–H and O–H groups in total. The zero-order chi connectivity index (χ0) is 15.0. The lowest BCUT2D eigenvalue weighted by molar-refractivity contribution is -0.134. The quantitative estimate of drug-likeness (QED) is 0.902. The summed E-state index contributed by atoms with van der Waals surface area (Å²) in [4.78, 5) is 10.5. The number of anilines is 2. The van der Waals surface area contributed by atoms with Gasteiger partial charge in [-0.3, -0.25) is 0 Å². The number of ether oxygens (including phenoxy) is 1. The van der Waals surface area contributed by atoms with Crippen LogP contribution in [0.1, 0.15) is 31.0 Å². The molecule has 0 bridgehead atoms. The lowest BCUT2D eigenvalue weighted by atomic mass is 9.95. The van der Waals surface area contributed by atoms with E-state index in [0.29, 0.717) is 12.4 Å². The number of nitrogen functional groups attached to an aromatic ring is 1. The van der Waals surface area contributed by atoms with Gasteiger partial charge in [-0.1, -0.05) is 0 Å². The third kappa shape index (κ3) is 2.66. The summed E-state index contributed by atoms with van der Waals surface area (Å²) in [7, 11) is 0. The van der Waals surface area contributed by atoms with E-state index in [1.165, 1.54) is 6.92 Å². The number of nitrogens with zero attached hydrogens (tertiary/aromatic N) is 3. The summed E-state index contributed by atoms with van der Waals surface area (Å²) in [6, 6.07) is 0. The minimum atomic E-state index is -2.53. The third-order valence-corrected chi connectivity index (χ3v) is 4.24. The van der Waals surface area contributed by atoms with Gasteiger partial charge in [0.05, 0.1) is 18.8 Å². The highest BCUT2D eigenvalue weighted by Crippen LogP contribution is 2.33. The molecule has 2 aliphatic rings. The van der Waals surface area contributed by atoms with Gasteiger partial charge in [0.25, 0.3) is 6.43 Å². The average molecular weight is 298 g/mol. The molecule has 0 aromatic carbocycles. The number of hydrogen-bond donors (Lipinski definition) is 1. The molecule has 0 spiro atoms. The zero-order valence-corrected chi connectivity index (χ0v) is 12.1. The van der Waals surface area contributed by atoms with Crippen LogP contribution in [-0.2, 0) is 17.6 Å². The Labute approximate surface area is 122 Å². The van der Waals surface area contributed by atoms with Gasteiger partial charge < -0.3 is 15.4 Å². The Morgan fingerprint density at radius 2 is 2.05 bits per heavy atom. The second-order valence-electron chi connectivity index (χ2n) is 5.92. The Hall–Kier alpha value is -1.50. The summed E-state index contributed by atoms with van der Waals surface area (Å²) in [6.45, 7) is 2.37. The van der Waals surface area contributed by atoms with Gasteiger partial charge in [0.15, 0.2) is 0 Å². The molecule has 3 rings (SSSR count). The summed E-state index contributed by atoms with van der Waals surface area (Å²) in [6.07, 6.45) is 1.39. The van der Waals surface area contributed by atoms with E-state index in [9.17, 15) is 8.78 Å². The molecule has 1 aliphatic heterocycles. The van der Waals surface area contributed by atoms with Crippen LogP contribution in [0.2, 0.25) is 0 Å². The van der Waals surface area contributed by atoms with Crippen molar-refractivity contribution < 1.29 is 13.5 Å². The van der Waals surface area contributed by atoms with Crippen LogP contribution in [0, 0.1) is 0 Å². The molecule has 1 aliphatic carbocycles. The summed E-state index contributed by atoms with van der Waals surface area (Å²) in [5.74, 6) is 0.934. The second-order valence-corrected chi connectivity index (χ2v) is 5.92. The molecule has 0 amide bonds. The summed E-state index contributed by atoms with van der Waals surface area (Å²) < 4.78 is 31.7. The van der Waals surface area contributed by atoms with Crippen molar-refractivity contribution in [1.29, 1.82) is 0 Å². The van der Waals surface area contributed by atoms with Gasteiger partial charge in [0, 0.05) is 12.1 Å². The number of rotatable bonds is 2. The maximum atomic E-state index is 13.2. The van der Waals surface area contributed by atoms with Crippen molar-refractivity contribution in [1.82, 2.24) is 9.97 Å². The van der Waals surface area contributed by atoms with E-state index in [1.807, 2.05) is 4.90 Å². The molecule has 0 saturated carbocycles. The standard InChI is InChI=1S/C14H20F2N4O/c1-14(12(15)16)8-20(6-7-21-14)11-9-4-2-3-5-10(9)18-13(17)19-11/h12H,2-8H2,1H3,(H2,17,18,19). The highest BCUT2D eigenvalue weighted by atomic mass is 19.3. The van der Waals surface area contributed by atoms with Crippen LogP contribution in [-0.4, -0.2) is 41.7 Å². The van der Waals surface area contributed by atoms with Gasteiger partial charge >= 0.3 is 0 Å². The first kappa shape index (κ1) is 14.4. The first-order valence-corrected chi connectivity index (χ1v) is 7.32. The fourth-order valence-electron chi connectivity index (χ4n) is 3.06. The molecule has 1 unspecified atom stereocenters. The number of halogens is 2. The molecule has 2 heterocycles. The molecule has 1 atom stereocenters. The van der Waals surface area contributed by atoms with Crippen LogP contribution in [0.25, 0.3) is 0 Å². The number of nitrogens with two attached hydrogens (primary N) is 1. The largest absolute Gasteiger partial charge is 0.368 e. The minimum absolute atomic E-state index is 0.119. The molecule has 1 aromatic heterocycles. The first-order valence-electron chi connectivity index (χ1n) is 7.32. The molecule has 5 nitrogen and oxygen atoms in total. The van der Waals surface area contributed by atoms with E-state index in [2.05, 4.69) is 9.97 Å². The fourth-order valence-corrected chi connectivity index (χ4v) is 3.06. The van der Waals surface area contributed by atoms with Gasteiger partial charge in [0.1, 0.15) is 11.4 Å². The van der Waals surface area contributed by atoms with Crippen LogP contribution >= 0.6 is 0 Å². The average Bonchev–Trinajstić information content (AvgIpc) is 2.46. The van der Waals surface area contributed by atoms with Crippen molar-refractivity contribution in [2.45, 2.75) is 44.6 Å².